The third-order valence-corrected chi connectivity index (χ3v) is 8.09. The first kappa shape index (κ1) is 30.3. The van der Waals surface area contributed by atoms with Crippen LogP contribution in [0.3, 0.4) is 0 Å². The molecule has 4 aromatic carbocycles. The van der Waals surface area contributed by atoms with Gasteiger partial charge in [0.15, 0.2) is 5.71 Å². The molecule has 11 heteroatoms. The molecule has 0 fully saturated rings. The van der Waals surface area contributed by atoms with Crippen LogP contribution in [0.5, 0.6) is 23.0 Å². The second-order valence-electron chi connectivity index (χ2n) is 11.2. The highest BCUT2D eigenvalue weighted by molar-refractivity contribution is 6.61. The zero-order chi connectivity index (χ0) is 32.5. The van der Waals surface area contributed by atoms with Crippen molar-refractivity contribution < 1.29 is 42.3 Å². The number of hydrogen-bond acceptors (Lipinski definition) is 9. The van der Waals surface area contributed by atoms with E-state index in [0.29, 0.717) is 0 Å². The monoisotopic (exact) mass is 620 g/mol. The van der Waals surface area contributed by atoms with E-state index in [1.54, 1.807) is 62.8 Å². The Balaban J connectivity index is 0.000000164. The van der Waals surface area contributed by atoms with Crippen molar-refractivity contribution in [1.82, 2.24) is 0 Å². The maximum Gasteiger partial charge on any atom is 0.781 e. The molecule has 0 aliphatic carbocycles. The summed E-state index contributed by atoms with van der Waals surface area (Å²) < 4.78 is 34.1. The number of hydrogen-bond donors (Lipinski definition) is 1. The lowest BCUT2D eigenvalue weighted by Gasteiger charge is -2.45. The van der Waals surface area contributed by atoms with Crippen molar-refractivity contribution in [2.24, 2.45) is 0 Å². The molecule has 10 nitrogen and oxygen atoms in total. The van der Waals surface area contributed by atoms with Crippen LogP contribution < -0.4 is 24.1 Å². The minimum absolute atomic E-state index is 0.0342. The first-order valence-electron chi connectivity index (χ1n) is 14.7. The van der Waals surface area contributed by atoms with Crippen molar-refractivity contribution in [1.29, 1.82) is 0 Å². The van der Waals surface area contributed by atoms with E-state index in [4.69, 9.17) is 28.1 Å². The largest absolute Gasteiger partial charge is 0.781 e. The standard InChI is InChI=1S/C21H24N2O2.C14H8BO6/c1-21(2)16-8-6-7-9-18(16)23(3)20(21)12-13-22-17-11-10-15(24-4)14-19(17)25-5;16-13-9-5-1-3-7-11(9)18-15(20-13)19-12-8-4-2-6-10(12)14(17)21-15/h6-14H,1-5H3;1-8H/q;-1/p+1. The number of fused-ring (bicyclic) bond motifs is 3. The van der Waals surface area contributed by atoms with Gasteiger partial charge in [-0.2, -0.15) is 4.58 Å². The minimum Gasteiger partial charge on any atom is -0.610 e. The summed E-state index contributed by atoms with van der Waals surface area (Å²) in [4.78, 5) is 24.0. The Morgan fingerprint density at radius 2 is 1.35 bits per heavy atom. The molecule has 1 N–H and O–H groups in total. The highest BCUT2D eigenvalue weighted by Crippen LogP contribution is 2.39. The van der Waals surface area contributed by atoms with E-state index in [0.717, 1.165) is 17.2 Å². The summed E-state index contributed by atoms with van der Waals surface area (Å²) in [5.41, 5.74) is 5.22. The molecule has 0 radical (unpaired) electrons. The van der Waals surface area contributed by atoms with Gasteiger partial charge in [-0.25, -0.2) is 0 Å². The van der Waals surface area contributed by atoms with Gasteiger partial charge in [-0.15, -0.1) is 0 Å². The third kappa shape index (κ3) is 5.51. The predicted octanol–water partition coefficient (Wildman–Crippen LogP) is 6.26. The number of nitrogens with one attached hydrogen (secondary N) is 1. The average molecular weight is 620 g/mol. The summed E-state index contributed by atoms with van der Waals surface area (Å²) in [6, 6.07) is 27.3. The Hall–Kier alpha value is -5.71. The molecule has 7 rings (SSSR count). The van der Waals surface area contributed by atoms with Gasteiger partial charge in [0.25, 0.3) is 0 Å². The number of rotatable bonds is 5. The predicted molar refractivity (Wildman–Crippen MR) is 173 cm³/mol. The number of benzene rings is 4. The number of allylic oxidation sites excluding steroid dienone is 1. The third-order valence-electron chi connectivity index (χ3n) is 8.09. The summed E-state index contributed by atoms with van der Waals surface area (Å²) in [5.74, 6) is 0.694. The highest BCUT2D eigenvalue weighted by Gasteiger charge is 2.52. The fourth-order valence-corrected chi connectivity index (χ4v) is 5.75. The quantitative estimate of drug-likeness (QED) is 0.205. The van der Waals surface area contributed by atoms with Crippen LogP contribution in [-0.2, 0) is 14.7 Å². The molecule has 0 saturated heterocycles. The maximum absolute atomic E-state index is 12.0. The molecular formula is C35H33BN2O8. The lowest BCUT2D eigenvalue weighted by atomic mass is 9.81. The van der Waals surface area contributed by atoms with Crippen molar-refractivity contribution >= 4 is 36.0 Å². The van der Waals surface area contributed by atoms with Crippen LogP contribution in [0.1, 0.15) is 40.1 Å². The number of carbonyl (C=O) groups is 2. The molecule has 0 aromatic heterocycles. The van der Waals surface area contributed by atoms with Crippen LogP contribution in [0, 0.1) is 0 Å². The molecular weight excluding hydrogens is 587 g/mol. The Morgan fingerprint density at radius 1 is 0.761 bits per heavy atom. The minimum atomic E-state index is -2.97. The number of methoxy groups -OCH3 is 2. The lowest BCUT2D eigenvalue weighted by Crippen LogP contribution is -2.61. The first-order chi connectivity index (χ1) is 22.2. The molecule has 0 atom stereocenters. The van der Waals surface area contributed by atoms with Gasteiger partial charge in [-0.3, -0.25) is 9.59 Å². The van der Waals surface area contributed by atoms with E-state index >= 15 is 0 Å². The van der Waals surface area contributed by atoms with Crippen LogP contribution in [0.2, 0.25) is 0 Å². The van der Waals surface area contributed by atoms with Gasteiger partial charge in [0, 0.05) is 30.0 Å². The molecule has 4 aromatic rings. The van der Waals surface area contributed by atoms with Gasteiger partial charge in [-0.05, 0) is 50.2 Å². The van der Waals surface area contributed by atoms with Gasteiger partial charge >= 0.3 is 18.9 Å². The smallest absolute Gasteiger partial charge is 0.610 e. The van der Waals surface area contributed by atoms with Gasteiger partial charge in [0.05, 0.1) is 47.9 Å². The topological polar surface area (TPSA) is 105 Å². The van der Waals surface area contributed by atoms with E-state index in [9.17, 15) is 9.59 Å². The van der Waals surface area contributed by atoms with Gasteiger partial charge < -0.3 is 33.4 Å². The SMILES string of the molecule is COc1ccc(N/C=C/C2=[N+](C)c3ccccc3C2(C)C)c(OC)c1.O=C1O[B-]2(OC(=O)c3ccccc3O2)Oc2ccccc21. The fraction of sp³-hybridized carbons (Fsp3) is 0.171. The van der Waals surface area contributed by atoms with Crippen molar-refractivity contribution in [2.75, 3.05) is 26.6 Å². The first-order valence-corrected chi connectivity index (χ1v) is 14.7. The molecule has 3 heterocycles. The number of anilines is 1. The lowest BCUT2D eigenvalue weighted by molar-refractivity contribution is -0.401. The molecule has 0 amide bonds. The number of ether oxygens (including phenoxy) is 2. The summed E-state index contributed by atoms with van der Waals surface area (Å²) in [6.45, 7) is 1.54. The van der Waals surface area contributed by atoms with Crippen molar-refractivity contribution in [3.8, 4) is 23.0 Å². The number of carbonyl (C=O) groups excluding carboxylic acids is 2. The molecule has 1 spiro atoms. The van der Waals surface area contributed by atoms with E-state index in [2.05, 4.69) is 61.1 Å². The van der Waals surface area contributed by atoms with Crippen molar-refractivity contribution in [3.05, 3.63) is 120 Å². The molecule has 234 valence electrons. The molecule has 0 saturated carbocycles. The van der Waals surface area contributed by atoms with Gasteiger partial charge in [0.1, 0.15) is 18.5 Å². The second-order valence-corrected chi connectivity index (χ2v) is 11.2. The summed E-state index contributed by atoms with van der Waals surface area (Å²) in [6.07, 6.45) is 4.09. The van der Waals surface area contributed by atoms with Crippen molar-refractivity contribution in [3.63, 3.8) is 0 Å². The second kappa shape index (κ2) is 12.0. The summed E-state index contributed by atoms with van der Waals surface area (Å²) in [5, 5.41) is 3.32. The number of nitrogens with zero attached hydrogens (tertiary/aromatic N) is 1. The van der Waals surface area contributed by atoms with E-state index in [1.165, 1.54) is 17.0 Å². The zero-order valence-corrected chi connectivity index (χ0v) is 26.1. The molecule has 46 heavy (non-hydrogen) atoms. The van der Waals surface area contributed by atoms with E-state index < -0.39 is 18.9 Å². The molecule has 0 bridgehead atoms. The maximum atomic E-state index is 12.0. The van der Waals surface area contributed by atoms with E-state index in [-0.39, 0.29) is 28.0 Å². The Kier molecular flexibility index (Phi) is 7.91. The van der Waals surface area contributed by atoms with Gasteiger partial charge in [0.2, 0.25) is 5.69 Å². The Morgan fingerprint density at radius 3 is 1.93 bits per heavy atom. The van der Waals surface area contributed by atoms with Gasteiger partial charge in [-0.1, -0.05) is 42.5 Å². The van der Waals surface area contributed by atoms with Crippen LogP contribution in [0.25, 0.3) is 0 Å². The molecule has 3 aliphatic heterocycles. The normalized spacial score (nSPS) is 16.5. The number of para-hydroxylation sites is 3. The zero-order valence-electron chi connectivity index (χ0n) is 26.1. The van der Waals surface area contributed by atoms with Crippen LogP contribution in [-0.4, -0.2) is 50.5 Å². The molecule has 0 unspecified atom stereocenters. The Labute approximate surface area is 266 Å². The highest BCUT2D eigenvalue weighted by atomic mass is 16.9. The molecule has 3 aliphatic rings. The average Bonchev–Trinajstić information content (AvgIpc) is 3.25. The fourth-order valence-electron chi connectivity index (χ4n) is 5.75. The summed E-state index contributed by atoms with van der Waals surface area (Å²) in [7, 11) is 5.41. The van der Waals surface area contributed by atoms with Crippen LogP contribution in [0.15, 0.2) is 103 Å². The summed E-state index contributed by atoms with van der Waals surface area (Å²) >= 11 is 0. The van der Waals surface area contributed by atoms with Crippen molar-refractivity contribution in [2.45, 2.75) is 19.3 Å². The Bertz CT molecular complexity index is 1840. The van der Waals surface area contributed by atoms with Crippen LogP contribution in [0.4, 0.5) is 11.4 Å². The van der Waals surface area contributed by atoms with E-state index in [1.807, 2.05) is 24.4 Å². The van der Waals surface area contributed by atoms with Crippen LogP contribution >= 0.6 is 0 Å².